The van der Waals surface area contributed by atoms with Crippen molar-refractivity contribution >= 4 is 0 Å². The molecule has 1 aliphatic rings. The Kier molecular flexibility index (Phi) is 2.87. The quantitative estimate of drug-likeness (QED) is 0.688. The average molecular weight is 187 g/mol. The second kappa shape index (κ2) is 4.32. The van der Waals surface area contributed by atoms with Gasteiger partial charge >= 0.3 is 0 Å². The molecule has 0 saturated heterocycles. The molecule has 0 aliphatic carbocycles. The predicted octanol–water partition coefficient (Wildman–Crippen LogP) is 2.84. The van der Waals surface area contributed by atoms with Crippen LogP contribution in [0.5, 0.6) is 0 Å². The summed E-state index contributed by atoms with van der Waals surface area (Å²) in [5.74, 6) is 0. The number of benzene rings is 1. The van der Waals surface area contributed by atoms with Crippen LogP contribution in [0.1, 0.15) is 18.4 Å². The van der Waals surface area contributed by atoms with Crippen LogP contribution < -0.4 is 0 Å². The minimum Gasteiger partial charge on any atom is -0.378 e. The topological polar surface area (TPSA) is 3.24 Å². The molecule has 0 saturated carbocycles. The van der Waals surface area contributed by atoms with Gasteiger partial charge in [-0.2, -0.15) is 0 Å². The van der Waals surface area contributed by atoms with Gasteiger partial charge in [0, 0.05) is 25.7 Å². The van der Waals surface area contributed by atoms with Gasteiger partial charge in [-0.15, -0.1) is 0 Å². The van der Waals surface area contributed by atoms with Crippen LogP contribution >= 0.6 is 0 Å². The largest absolute Gasteiger partial charge is 0.378 e. The molecule has 74 valence electrons. The smallest absolute Gasteiger partial charge is 0.0174 e. The first-order valence-corrected chi connectivity index (χ1v) is 5.30. The molecule has 0 spiro atoms. The molecule has 1 nitrogen and oxygen atoms in total. The van der Waals surface area contributed by atoms with E-state index in [1.54, 1.807) is 0 Å². The second-order valence-electron chi connectivity index (χ2n) is 3.92. The molecular weight excluding hydrogens is 170 g/mol. The maximum absolute atomic E-state index is 2.37. The van der Waals surface area contributed by atoms with Crippen molar-refractivity contribution in [3.8, 4) is 0 Å². The number of rotatable bonds is 2. The van der Waals surface area contributed by atoms with Gasteiger partial charge in [0.1, 0.15) is 0 Å². The Morgan fingerprint density at radius 3 is 2.71 bits per heavy atom. The third kappa shape index (κ3) is 2.16. The van der Waals surface area contributed by atoms with Crippen molar-refractivity contribution in [2.24, 2.45) is 0 Å². The lowest BCUT2D eigenvalue weighted by Gasteiger charge is -2.26. The number of nitrogens with zero attached hydrogens (tertiary/aromatic N) is 1. The summed E-state index contributed by atoms with van der Waals surface area (Å²) in [6.07, 6.45) is 6.00. The number of likely N-dealkylation sites (N-methyl/N-ethyl adjacent to an activating group) is 1. The zero-order valence-electron chi connectivity index (χ0n) is 8.74. The zero-order chi connectivity index (χ0) is 9.80. The van der Waals surface area contributed by atoms with Crippen molar-refractivity contribution < 1.29 is 0 Å². The molecule has 0 atom stereocenters. The highest BCUT2D eigenvalue weighted by atomic mass is 15.1. The molecule has 0 radical (unpaired) electrons. The third-order valence-electron chi connectivity index (χ3n) is 2.80. The molecule has 1 heterocycles. The summed E-state index contributed by atoms with van der Waals surface area (Å²) in [7, 11) is 2.19. The molecule has 1 aliphatic heterocycles. The summed E-state index contributed by atoms with van der Waals surface area (Å²) in [6, 6.07) is 10.7. The Labute approximate surface area is 86.1 Å². The number of hydrogen-bond acceptors (Lipinski definition) is 1. The van der Waals surface area contributed by atoms with Crippen molar-refractivity contribution in [1.82, 2.24) is 4.90 Å². The van der Waals surface area contributed by atoms with E-state index in [-0.39, 0.29) is 0 Å². The molecule has 0 aromatic heterocycles. The van der Waals surface area contributed by atoms with Crippen molar-refractivity contribution in [3.63, 3.8) is 0 Å². The first-order chi connectivity index (χ1) is 6.86. The highest BCUT2D eigenvalue weighted by Gasteiger charge is 2.08. The maximum Gasteiger partial charge on any atom is 0.0174 e. The zero-order valence-corrected chi connectivity index (χ0v) is 8.74. The van der Waals surface area contributed by atoms with E-state index >= 15 is 0 Å². The van der Waals surface area contributed by atoms with Crippen LogP contribution in [0.3, 0.4) is 0 Å². The summed E-state index contributed by atoms with van der Waals surface area (Å²) >= 11 is 0. The summed E-state index contributed by atoms with van der Waals surface area (Å²) in [5.41, 5.74) is 2.88. The molecule has 1 aromatic carbocycles. The van der Waals surface area contributed by atoms with Gasteiger partial charge in [-0.05, 0) is 18.4 Å². The Morgan fingerprint density at radius 2 is 2.00 bits per heavy atom. The molecular formula is C13H17N. The Balaban J connectivity index is 2.07. The van der Waals surface area contributed by atoms with Gasteiger partial charge in [-0.1, -0.05) is 36.4 Å². The van der Waals surface area contributed by atoms with E-state index in [4.69, 9.17) is 0 Å². The van der Waals surface area contributed by atoms with E-state index in [9.17, 15) is 0 Å². The lowest BCUT2D eigenvalue weighted by atomic mass is 10.1. The number of hydrogen-bond donors (Lipinski definition) is 0. The first-order valence-electron chi connectivity index (χ1n) is 5.30. The average Bonchev–Trinajstić information content (AvgIpc) is 2.23. The Morgan fingerprint density at radius 1 is 1.21 bits per heavy atom. The van der Waals surface area contributed by atoms with Crippen molar-refractivity contribution in [1.29, 1.82) is 0 Å². The Bertz CT molecular complexity index is 313. The fourth-order valence-corrected chi connectivity index (χ4v) is 1.91. The van der Waals surface area contributed by atoms with E-state index < -0.39 is 0 Å². The molecule has 0 amide bonds. The number of allylic oxidation sites excluding steroid dienone is 2. The van der Waals surface area contributed by atoms with Gasteiger partial charge in [-0.25, -0.2) is 0 Å². The monoisotopic (exact) mass is 187 g/mol. The van der Waals surface area contributed by atoms with Crippen molar-refractivity contribution in [2.75, 3.05) is 13.6 Å². The van der Waals surface area contributed by atoms with Crippen molar-refractivity contribution in [3.05, 3.63) is 47.7 Å². The van der Waals surface area contributed by atoms with Gasteiger partial charge in [0.15, 0.2) is 0 Å². The summed E-state index contributed by atoms with van der Waals surface area (Å²) in [4.78, 5) is 2.37. The van der Waals surface area contributed by atoms with Gasteiger partial charge in [-0.3, -0.25) is 0 Å². The normalized spacial score (nSPS) is 16.6. The standard InChI is InChI=1S/C13H17N/c1-14-10-6-5-9-13(14)11-12-7-3-2-4-8-12/h2-4,7-9H,5-6,10-11H2,1H3. The van der Waals surface area contributed by atoms with Crippen LogP contribution in [0.25, 0.3) is 0 Å². The molecule has 0 N–H and O–H groups in total. The van der Waals surface area contributed by atoms with Crippen molar-refractivity contribution in [2.45, 2.75) is 19.3 Å². The first kappa shape index (κ1) is 9.32. The molecule has 0 unspecified atom stereocenters. The van der Waals surface area contributed by atoms with Crippen LogP contribution in [0.4, 0.5) is 0 Å². The summed E-state index contributed by atoms with van der Waals surface area (Å²) < 4.78 is 0. The predicted molar refractivity (Wildman–Crippen MR) is 60.1 cm³/mol. The van der Waals surface area contributed by atoms with E-state index in [1.807, 2.05) is 0 Å². The van der Waals surface area contributed by atoms with Crippen LogP contribution in [0.15, 0.2) is 42.1 Å². The van der Waals surface area contributed by atoms with Crippen LogP contribution in [0, 0.1) is 0 Å². The fraction of sp³-hybridized carbons (Fsp3) is 0.385. The van der Waals surface area contributed by atoms with E-state index in [2.05, 4.69) is 48.4 Å². The van der Waals surface area contributed by atoms with Gasteiger partial charge in [0.25, 0.3) is 0 Å². The van der Waals surface area contributed by atoms with E-state index in [0.29, 0.717) is 0 Å². The molecule has 0 bridgehead atoms. The van der Waals surface area contributed by atoms with Gasteiger partial charge < -0.3 is 4.90 Å². The molecule has 14 heavy (non-hydrogen) atoms. The lowest BCUT2D eigenvalue weighted by Crippen LogP contribution is -2.23. The fourth-order valence-electron chi connectivity index (χ4n) is 1.91. The van der Waals surface area contributed by atoms with E-state index in [1.165, 1.54) is 30.6 Å². The highest BCUT2D eigenvalue weighted by Crippen LogP contribution is 2.16. The molecule has 1 heteroatoms. The minimum absolute atomic E-state index is 1.08. The maximum atomic E-state index is 2.37. The van der Waals surface area contributed by atoms with Crippen LogP contribution in [-0.2, 0) is 6.42 Å². The SMILES string of the molecule is CN1CCCC=C1Cc1ccccc1. The highest BCUT2D eigenvalue weighted by molar-refractivity contribution is 5.21. The summed E-state index contributed by atoms with van der Waals surface area (Å²) in [5, 5.41) is 0. The van der Waals surface area contributed by atoms with Gasteiger partial charge in [0.2, 0.25) is 0 Å². The molecule has 0 fully saturated rings. The van der Waals surface area contributed by atoms with E-state index in [0.717, 1.165) is 6.42 Å². The van der Waals surface area contributed by atoms with Crippen LogP contribution in [0.2, 0.25) is 0 Å². The Hall–Kier alpha value is -1.24. The third-order valence-corrected chi connectivity index (χ3v) is 2.80. The second-order valence-corrected chi connectivity index (χ2v) is 3.92. The summed E-state index contributed by atoms with van der Waals surface area (Å²) in [6.45, 7) is 1.21. The molecule has 1 aromatic rings. The lowest BCUT2D eigenvalue weighted by molar-refractivity contribution is 0.379. The molecule has 2 rings (SSSR count). The minimum atomic E-state index is 1.08. The van der Waals surface area contributed by atoms with Gasteiger partial charge in [0.05, 0.1) is 0 Å². The van der Waals surface area contributed by atoms with Crippen LogP contribution in [-0.4, -0.2) is 18.5 Å².